The van der Waals surface area contributed by atoms with Crippen LogP contribution in [0, 0.1) is 0 Å². The molecule has 0 bridgehead atoms. The van der Waals surface area contributed by atoms with Gasteiger partial charge in [0.05, 0.1) is 12.2 Å². The van der Waals surface area contributed by atoms with Crippen molar-refractivity contribution in [1.82, 2.24) is 4.90 Å². The Morgan fingerprint density at radius 2 is 1.04 bits per heavy atom. The number of aliphatic hydroxyl groups is 4. The zero-order valence-electron chi connectivity index (χ0n) is 14.7. The van der Waals surface area contributed by atoms with Gasteiger partial charge in [0.25, 0.3) is 0 Å². The van der Waals surface area contributed by atoms with Crippen LogP contribution in [0.1, 0.15) is 71.1 Å². The van der Waals surface area contributed by atoms with Crippen LogP contribution in [0.15, 0.2) is 0 Å². The quantitative estimate of drug-likeness (QED) is 0.433. The maximum Gasteiger partial charge on any atom is 0.110 e. The molecule has 1 saturated heterocycles. The molecule has 1 fully saturated rings. The lowest BCUT2D eigenvalue weighted by molar-refractivity contribution is -0.0894. The summed E-state index contributed by atoms with van der Waals surface area (Å²) < 4.78 is 0. The first-order valence-corrected chi connectivity index (χ1v) is 9.51. The second-order valence-electron chi connectivity index (χ2n) is 7.06. The largest absolute Gasteiger partial charge is 0.389 e. The van der Waals surface area contributed by atoms with E-state index in [1.807, 2.05) is 4.90 Å². The molecule has 0 saturated carbocycles. The number of likely N-dealkylation sites (tertiary alicyclic amines) is 1. The van der Waals surface area contributed by atoms with Crippen LogP contribution in [0.4, 0.5) is 0 Å². The van der Waals surface area contributed by atoms with Gasteiger partial charge < -0.3 is 20.4 Å². The van der Waals surface area contributed by atoms with Crippen molar-refractivity contribution in [2.45, 2.75) is 95.5 Å². The zero-order valence-corrected chi connectivity index (χ0v) is 14.7. The molecule has 0 aromatic carbocycles. The monoisotopic (exact) mass is 331 g/mol. The molecule has 5 heteroatoms. The standard InChI is InChI=1S/C18H37NO4/c1-2-3-4-5-6-7-8-9-10-11-12-19-13-15(20)17(22)18(23)16(21)14-19/h15-18,20-23H,2-14H2,1H3/t15-,16-,17+,18+/m0/s1. The number of β-amino-alcohol motifs (C(OH)–C–C–N with tert-alkyl or cyclic N) is 2. The molecule has 5 nitrogen and oxygen atoms in total. The van der Waals surface area contributed by atoms with E-state index in [0.717, 1.165) is 19.4 Å². The molecule has 0 spiro atoms. The topological polar surface area (TPSA) is 84.2 Å². The third-order valence-corrected chi connectivity index (χ3v) is 4.86. The summed E-state index contributed by atoms with van der Waals surface area (Å²) in [7, 11) is 0. The van der Waals surface area contributed by atoms with Crippen molar-refractivity contribution in [3.05, 3.63) is 0 Å². The summed E-state index contributed by atoms with van der Waals surface area (Å²) in [5, 5.41) is 39.0. The molecule has 4 atom stereocenters. The lowest BCUT2D eigenvalue weighted by atomic mass is 10.1. The Bertz CT molecular complexity index is 274. The number of unbranched alkanes of at least 4 members (excludes halogenated alkanes) is 9. The fourth-order valence-corrected chi connectivity index (χ4v) is 3.28. The van der Waals surface area contributed by atoms with E-state index in [9.17, 15) is 20.4 Å². The molecule has 1 aliphatic heterocycles. The highest BCUT2D eigenvalue weighted by Crippen LogP contribution is 2.15. The molecular formula is C18H37NO4. The van der Waals surface area contributed by atoms with E-state index in [2.05, 4.69) is 6.92 Å². The summed E-state index contributed by atoms with van der Waals surface area (Å²) in [6.07, 6.45) is 8.25. The number of aliphatic hydroxyl groups excluding tert-OH is 4. The number of nitrogens with zero attached hydrogens (tertiary/aromatic N) is 1. The van der Waals surface area contributed by atoms with Crippen LogP contribution < -0.4 is 0 Å². The zero-order chi connectivity index (χ0) is 17.1. The smallest absolute Gasteiger partial charge is 0.110 e. The summed E-state index contributed by atoms with van der Waals surface area (Å²) >= 11 is 0. The van der Waals surface area contributed by atoms with Gasteiger partial charge >= 0.3 is 0 Å². The molecule has 0 aromatic heterocycles. The molecule has 1 heterocycles. The summed E-state index contributed by atoms with van der Waals surface area (Å²) in [5.74, 6) is 0. The molecule has 0 amide bonds. The van der Waals surface area contributed by atoms with Crippen LogP contribution in [-0.2, 0) is 0 Å². The first-order valence-electron chi connectivity index (χ1n) is 9.51. The Kier molecular flexibility index (Phi) is 11.1. The summed E-state index contributed by atoms with van der Waals surface area (Å²) in [4.78, 5) is 1.94. The fourth-order valence-electron chi connectivity index (χ4n) is 3.28. The predicted octanol–water partition coefficient (Wildman–Crippen LogP) is 1.67. The van der Waals surface area contributed by atoms with Crippen LogP contribution in [0.5, 0.6) is 0 Å². The molecule has 4 N–H and O–H groups in total. The van der Waals surface area contributed by atoms with E-state index < -0.39 is 24.4 Å². The molecule has 1 aliphatic rings. The minimum Gasteiger partial charge on any atom is -0.389 e. The highest BCUT2D eigenvalue weighted by molar-refractivity contribution is 4.88. The van der Waals surface area contributed by atoms with Crippen molar-refractivity contribution < 1.29 is 20.4 Å². The molecule has 0 radical (unpaired) electrons. The minimum atomic E-state index is -1.26. The maximum atomic E-state index is 9.81. The lowest BCUT2D eigenvalue weighted by Gasteiger charge is -2.23. The maximum absolute atomic E-state index is 9.81. The van der Waals surface area contributed by atoms with Crippen molar-refractivity contribution in [2.75, 3.05) is 19.6 Å². The average Bonchev–Trinajstić information content (AvgIpc) is 2.62. The van der Waals surface area contributed by atoms with E-state index in [1.165, 1.54) is 51.4 Å². The van der Waals surface area contributed by atoms with Crippen LogP contribution in [-0.4, -0.2) is 69.4 Å². The van der Waals surface area contributed by atoms with Crippen molar-refractivity contribution in [2.24, 2.45) is 0 Å². The Morgan fingerprint density at radius 1 is 0.652 bits per heavy atom. The number of hydrogen-bond donors (Lipinski definition) is 4. The van der Waals surface area contributed by atoms with Gasteiger partial charge in [-0.3, -0.25) is 4.90 Å². The van der Waals surface area contributed by atoms with Crippen molar-refractivity contribution in [3.8, 4) is 0 Å². The van der Waals surface area contributed by atoms with Crippen LogP contribution >= 0.6 is 0 Å². The van der Waals surface area contributed by atoms with Crippen molar-refractivity contribution >= 4 is 0 Å². The minimum absolute atomic E-state index is 0.312. The molecule has 0 aromatic rings. The van der Waals surface area contributed by atoms with E-state index in [4.69, 9.17) is 0 Å². The summed E-state index contributed by atoms with van der Waals surface area (Å²) in [6.45, 7) is 3.66. The first kappa shape index (κ1) is 20.8. The molecule has 23 heavy (non-hydrogen) atoms. The molecule has 1 rings (SSSR count). The van der Waals surface area contributed by atoms with Crippen LogP contribution in [0.25, 0.3) is 0 Å². The molecule has 0 aliphatic carbocycles. The SMILES string of the molecule is CCCCCCCCCCCCN1C[C@H](O)[C@@H](O)[C@H](O)[C@@H](O)C1. The molecule has 138 valence electrons. The van der Waals surface area contributed by atoms with Crippen molar-refractivity contribution in [1.29, 1.82) is 0 Å². The van der Waals surface area contributed by atoms with Gasteiger partial charge in [0.2, 0.25) is 0 Å². The summed E-state index contributed by atoms with van der Waals surface area (Å²) in [5.41, 5.74) is 0. The van der Waals surface area contributed by atoms with Gasteiger partial charge in [-0.15, -0.1) is 0 Å². The lowest BCUT2D eigenvalue weighted by Crippen LogP contribution is -2.43. The Balaban J connectivity index is 2.04. The predicted molar refractivity (Wildman–Crippen MR) is 92.3 cm³/mol. The number of hydrogen-bond acceptors (Lipinski definition) is 5. The average molecular weight is 331 g/mol. The van der Waals surface area contributed by atoms with Gasteiger partial charge in [0.1, 0.15) is 12.2 Å². The van der Waals surface area contributed by atoms with Crippen molar-refractivity contribution in [3.63, 3.8) is 0 Å². The third-order valence-electron chi connectivity index (χ3n) is 4.86. The van der Waals surface area contributed by atoms with Gasteiger partial charge in [-0.05, 0) is 13.0 Å². The Morgan fingerprint density at radius 3 is 1.48 bits per heavy atom. The van der Waals surface area contributed by atoms with Gasteiger partial charge in [0, 0.05) is 13.1 Å². The second-order valence-corrected chi connectivity index (χ2v) is 7.06. The summed E-state index contributed by atoms with van der Waals surface area (Å²) in [6, 6.07) is 0. The third kappa shape index (κ3) is 8.45. The van der Waals surface area contributed by atoms with Gasteiger partial charge in [-0.2, -0.15) is 0 Å². The van der Waals surface area contributed by atoms with E-state index >= 15 is 0 Å². The highest BCUT2D eigenvalue weighted by atomic mass is 16.4. The normalized spacial score (nSPS) is 29.6. The highest BCUT2D eigenvalue weighted by Gasteiger charge is 2.35. The number of rotatable bonds is 11. The van der Waals surface area contributed by atoms with Crippen LogP contribution in [0.2, 0.25) is 0 Å². The molecule has 0 unspecified atom stereocenters. The Labute approximate surface area is 141 Å². The van der Waals surface area contributed by atoms with E-state index in [0.29, 0.717) is 13.1 Å². The Hall–Kier alpha value is -0.200. The molecular weight excluding hydrogens is 294 g/mol. The fraction of sp³-hybridized carbons (Fsp3) is 1.00. The second kappa shape index (κ2) is 12.2. The van der Waals surface area contributed by atoms with Gasteiger partial charge in [0.15, 0.2) is 0 Å². The van der Waals surface area contributed by atoms with Crippen LogP contribution in [0.3, 0.4) is 0 Å². The van der Waals surface area contributed by atoms with Gasteiger partial charge in [-0.25, -0.2) is 0 Å². The first-order chi connectivity index (χ1) is 11.1. The van der Waals surface area contributed by atoms with E-state index in [-0.39, 0.29) is 0 Å². The van der Waals surface area contributed by atoms with Gasteiger partial charge in [-0.1, -0.05) is 64.7 Å². The van der Waals surface area contributed by atoms with E-state index in [1.54, 1.807) is 0 Å².